The average Bonchev–Trinajstić information content (AvgIpc) is 3.07. The number of para-hydroxylation sites is 1. The number of hydrogen-bond acceptors (Lipinski definition) is 8. The Labute approximate surface area is 194 Å². The zero-order valence-electron chi connectivity index (χ0n) is 18.3. The molecule has 9 heteroatoms. The minimum absolute atomic E-state index is 0.189. The van der Waals surface area contributed by atoms with Gasteiger partial charge in [0, 0.05) is 38.1 Å². The number of benzene rings is 1. The molecule has 3 aromatic rings. The van der Waals surface area contributed by atoms with Crippen molar-refractivity contribution in [1.29, 1.82) is 0 Å². The summed E-state index contributed by atoms with van der Waals surface area (Å²) in [5.41, 5.74) is 9.67. The molecule has 1 aliphatic carbocycles. The number of nitrogen functional groups attached to an aromatic ring is 1. The third-order valence-electron chi connectivity index (χ3n) is 6.78. The van der Waals surface area contributed by atoms with Crippen molar-refractivity contribution in [3.8, 4) is 22.9 Å². The summed E-state index contributed by atoms with van der Waals surface area (Å²) in [6, 6.07) is 13.8. The van der Waals surface area contributed by atoms with E-state index >= 15 is 0 Å². The first kappa shape index (κ1) is 20.5. The minimum atomic E-state index is -0.380. The van der Waals surface area contributed by atoms with E-state index in [0.29, 0.717) is 29.2 Å². The number of fused-ring (bicyclic) bond motifs is 2. The van der Waals surface area contributed by atoms with E-state index in [9.17, 15) is 5.11 Å². The first-order valence-electron chi connectivity index (χ1n) is 11.5. The Hall–Kier alpha value is -3.12. The summed E-state index contributed by atoms with van der Waals surface area (Å²) in [6.07, 6.45) is 8.98. The number of nitrogens with two attached hydrogens (primary N) is 1. The van der Waals surface area contributed by atoms with Gasteiger partial charge in [-0.25, -0.2) is 4.98 Å². The molecule has 1 saturated carbocycles. The zero-order valence-corrected chi connectivity index (χ0v) is 19.2. The molecule has 2 unspecified atom stereocenters. The van der Waals surface area contributed by atoms with Crippen LogP contribution in [0.3, 0.4) is 0 Å². The highest BCUT2D eigenvalue weighted by molar-refractivity contribution is 7.60. The number of aromatic nitrogens is 3. The van der Waals surface area contributed by atoms with E-state index < -0.39 is 0 Å². The number of hydrogen-bond donors (Lipinski definition) is 2. The third-order valence-corrected chi connectivity index (χ3v) is 9.39. The molecule has 0 radical (unpaired) electrons. The molecule has 3 aliphatic rings. The Morgan fingerprint density at radius 3 is 2.76 bits per heavy atom. The molecule has 3 fully saturated rings. The van der Waals surface area contributed by atoms with Crippen LogP contribution in [0.5, 0.6) is 11.6 Å². The first-order chi connectivity index (χ1) is 16.2. The van der Waals surface area contributed by atoms with Gasteiger partial charge in [0.1, 0.15) is 11.9 Å². The van der Waals surface area contributed by atoms with Crippen molar-refractivity contribution in [3.63, 3.8) is 0 Å². The number of phenols is 1. The fourth-order valence-electron chi connectivity index (χ4n) is 4.86. The number of nitrogens with zero attached hydrogens (tertiary/aromatic N) is 5. The van der Waals surface area contributed by atoms with Gasteiger partial charge in [0.25, 0.3) is 0 Å². The second kappa shape index (κ2) is 8.34. The number of rotatable bonds is 5. The standard InChI is InChI=1S/C24H27N6O2P/c25-24-21(13-20(27-28-24)19-6-1-2-7-22(19)31)29-14-17-9-11-33(15-29)30(17)16-8-10-26-23(12-16)32-18-4-3-5-18/h1-2,6-8,10,12-13,17-18,31H,3-5,9,11,14-15H2,(H2,25,28). The summed E-state index contributed by atoms with van der Waals surface area (Å²) in [4.78, 5) is 6.79. The summed E-state index contributed by atoms with van der Waals surface area (Å²) >= 11 is 0. The molecule has 6 rings (SSSR count). The molecule has 2 saturated heterocycles. The van der Waals surface area contributed by atoms with E-state index in [1.54, 1.807) is 12.1 Å². The summed E-state index contributed by atoms with van der Waals surface area (Å²) in [5, 5.41) is 18.7. The lowest BCUT2D eigenvalue weighted by Crippen LogP contribution is -2.44. The number of ether oxygens (including phenoxy) is 1. The number of anilines is 3. The molecule has 2 aliphatic heterocycles. The predicted octanol–water partition coefficient (Wildman–Crippen LogP) is 4.21. The second-order valence-electron chi connectivity index (χ2n) is 8.92. The summed E-state index contributed by atoms with van der Waals surface area (Å²) < 4.78 is 8.64. The molecule has 0 amide bonds. The number of aromatic hydroxyl groups is 1. The highest BCUT2D eigenvalue weighted by Gasteiger charge is 2.41. The molecular formula is C24H27N6O2P. The van der Waals surface area contributed by atoms with Gasteiger partial charge in [-0.05, 0) is 56.1 Å². The van der Waals surface area contributed by atoms with Crippen molar-refractivity contribution in [2.75, 3.05) is 34.3 Å². The van der Waals surface area contributed by atoms with E-state index in [1.807, 2.05) is 24.4 Å². The van der Waals surface area contributed by atoms with Crippen LogP contribution in [0.25, 0.3) is 11.3 Å². The van der Waals surface area contributed by atoms with Crippen molar-refractivity contribution < 1.29 is 9.84 Å². The van der Waals surface area contributed by atoms with E-state index in [4.69, 9.17) is 10.5 Å². The van der Waals surface area contributed by atoms with Crippen molar-refractivity contribution in [1.82, 2.24) is 15.2 Å². The Bertz CT molecular complexity index is 1160. The Morgan fingerprint density at radius 2 is 1.97 bits per heavy atom. The lowest BCUT2D eigenvalue weighted by Gasteiger charge is -2.43. The van der Waals surface area contributed by atoms with Crippen LogP contribution >= 0.6 is 8.07 Å². The lowest BCUT2D eigenvalue weighted by atomic mass is 9.96. The first-order valence-corrected chi connectivity index (χ1v) is 13.2. The van der Waals surface area contributed by atoms with Gasteiger partial charge in [0.15, 0.2) is 5.82 Å². The topological polar surface area (TPSA) is 101 Å². The van der Waals surface area contributed by atoms with E-state index in [-0.39, 0.29) is 13.8 Å². The number of phenolic OH excluding ortho intramolecular Hbond substituents is 1. The van der Waals surface area contributed by atoms with Crippen LogP contribution in [-0.4, -0.2) is 51.4 Å². The smallest absolute Gasteiger partial charge is 0.215 e. The summed E-state index contributed by atoms with van der Waals surface area (Å²) in [7, 11) is -0.380. The molecule has 170 valence electrons. The fourth-order valence-corrected chi connectivity index (χ4v) is 7.71. The van der Waals surface area contributed by atoms with Crippen LogP contribution in [0, 0.1) is 0 Å². The molecule has 33 heavy (non-hydrogen) atoms. The van der Waals surface area contributed by atoms with Crippen molar-refractivity contribution in [2.24, 2.45) is 0 Å². The molecule has 4 heterocycles. The molecule has 2 atom stereocenters. The molecule has 8 nitrogen and oxygen atoms in total. The fraction of sp³-hybridized carbons (Fsp3) is 0.375. The highest BCUT2D eigenvalue weighted by Crippen LogP contribution is 2.56. The van der Waals surface area contributed by atoms with Gasteiger partial charge in [-0.3, -0.25) is 0 Å². The highest BCUT2D eigenvalue weighted by atomic mass is 31.1. The molecule has 2 bridgehead atoms. The SMILES string of the molecule is Nc1nnc(-c2ccccc2O)cc1N1CC2CCP(C1)N2c1ccnc(OC2CCC2)c1. The minimum Gasteiger partial charge on any atom is -0.507 e. The van der Waals surface area contributed by atoms with Gasteiger partial charge in [0.05, 0.1) is 23.7 Å². The number of pyridine rings is 1. The Morgan fingerprint density at radius 1 is 1.09 bits per heavy atom. The maximum Gasteiger partial charge on any atom is 0.215 e. The van der Waals surface area contributed by atoms with Crippen LogP contribution in [0.2, 0.25) is 0 Å². The van der Waals surface area contributed by atoms with Gasteiger partial charge in [-0.15, -0.1) is 10.2 Å². The average molecular weight is 462 g/mol. The van der Waals surface area contributed by atoms with Crippen molar-refractivity contribution >= 4 is 25.3 Å². The third kappa shape index (κ3) is 3.82. The van der Waals surface area contributed by atoms with E-state index in [1.165, 1.54) is 18.3 Å². The van der Waals surface area contributed by atoms with Crippen LogP contribution in [0.1, 0.15) is 25.7 Å². The summed E-state index contributed by atoms with van der Waals surface area (Å²) in [6.45, 7) is 0.871. The van der Waals surface area contributed by atoms with E-state index in [0.717, 1.165) is 43.7 Å². The van der Waals surface area contributed by atoms with Crippen LogP contribution in [0.4, 0.5) is 17.2 Å². The molecule has 3 N–H and O–H groups in total. The Kier molecular flexibility index (Phi) is 5.18. The molecule has 0 spiro atoms. The summed E-state index contributed by atoms with van der Waals surface area (Å²) in [5.74, 6) is 1.36. The largest absolute Gasteiger partial charge is 0.507 e. The second-order valence-corrected chi connectivity index (χ2v) is 11.1. The van der Waals surface area contributed by atoms with Gasteiger partial charge >= 0.3 is 0 Å². The van der Waals surface area contributed by atoms with Gasteiger partial charge in [0.2, 0.25) is 5.88 Å². The monoisotopic (exact) mass is 462 g/mol. The maximum absolute atomic E-state index is 10.3. The maximum atomic E-state index is 10.3. The normalized spacial score (nSPS) is 22.3. The van der Waals surface area contributed by atoms with Gasteiger partial charge in [-0.1, -0.05) is 12.1 Å². The van der Waals surface area contributed by atoms with Crippen molar-refractivity contribution in [3.05, 3.63) is 48.7 Å². The van der Waals surface area contributed by atoms with Crippen LogP contribution in [0.15, 0.2) is 48.7 Å². The van der Waals surface area contributed by atoms with E-state index in [2.05, 4.69) is 36.9 Å². The van der Waals surface area contributed by atoms with Gasteiger partial charge < -0.3 is 25.1 Å². The van der Waals surface area contributed by atoms with Crippen LogP contribution < -0.4 is 20.0 Å². The van der Waals surface area contributed by atoms with Crippen LogP contribution in [-0.2, 0) is 0 Å². The Balaban J connectivity index is 1.24. The molecule has 1 aromatic carbocycles. The predicted molar refractivity (Wildman–Crippen MR) is 131 cm³/mol. The quantitative estimate of drug-likeness (QED) is 0.544. The molecular weight excluding hydrogens is 435 g/mol. The molecule has 2 aromatic heterocycles. The zero-order chi connectivity index (χ0) is 22.4. The lowest BCUT2D eigenvalue weighted by molar-refractivity contribution is 0.115. The van der Waals surface area contributed by atoms with Crippen molar-refractivity contribution in [2.45, 2.75) is 37.8 Å². The van der Waals surface area contributed by atoms with Gasteiger partial charge in [-0.2, -0.15) is 0 Å².